The molecule has 27 heavy (non-hydrogen) atoms. The van der Waals surface area contributed by atoms with E-state index >= 15 is 0 Å². The number of hydrogen-bond donors (Lipinski definition) is 2. The molecule has 2 N–H and O–H groups in total. The third kappa shape index (κ3) is 4.00. The van der Waals surface area contributed by atoms with Crippen LogP contribution in [0.1, 0.15) is 26.7 Å². The van der Waals surface area contributed by atoms with Crippen LogP contribution in [-0.4, -0.2) is 50.2 Å². The molecule has 5 nitrogen and oxygen atoms in total. The molecule has 1 fully saturated rings. The van der Waals surface area contributed by atoms with Gasteiger partial charge in [0.2, 0.25) is 0 Å². The Labute approximate surface area is 161 Å². The molecule has 5 heteroatoms. The molecule has 1 aromatic rings. The maximum Gasteiger partial charge on any atom is 0.161 e. The number of hydrogen-bond acceptors (Lipinski definition) is 5. The zero-order chi connectivity index (χ0) is 18.9. The zero-order valence-corrected chi connectivity index (χ0v) is 16.3. The van der Waals surface area contributed by atoms with Crippen molar-refractivity contribution in [2.75, 3.05) is 32.9 Å². The smallest absolute Gasteiger partial charge is 0.161 e. The van der Waals surface area contributed by atoms with Crippen molar-refractivity contribution in [3.63, 3.8) is 0 Å². The Morgan fingerprint density at radius 3 is 2.89 bits per heavy atom. The van der Waals surface area contributed by atoms with Gasteiger partial charge in [-0.1, -0.05) is 32.1 Å². The minimum atomic E-state index is -0.520. The highest BCUT2D eigenvalue weighted by molar-refractivity contribution is 5.40. The van der Waals surface area contributed by atoms with Gasteiger partial charge in [0, 0.05) is 13.1 Å². The van der Waals surface area contributed by atoms with E-state index in [0.29, 0.717) is 44.2 Å². The molecule has 2 bridgehead atoms. The predicted octanol–water partition coefficient (Wildman–Crippen LogP) is 2.79. The maximum atomic E-state index is 10.2. The van der Waals surface area contributed by atoms with Gasteiger partial charge in [-0.15, -0.1) is 0 Å². The van der Waals surface area contributed by atoms with Crippen molar-refractivity contribution in [2.45, 2.75) is 38.9 Å². The van der Waals surface area contributed by atoms with Gasteiger partial charge in [-0.25, -0.2) is 0 Å². The Bertz CT molecular complexity index is 687. The lowest BCUT2D eigenvalue weighted by molar-refractivity contribution is -0.0237. The lowest BCUT2D eigenvalue weighted by Gasteiger charge is -2.56. The largest absolute Gasteiger partial charge is 0.486 e. The quantitative estimate of drug-likeness (QED) is 0.686. The normalized spacial score (nSPS) is 28.9. The van der Waals surface area contributed by atoms with E-state index in [-0.39, 0.29) is 6.10 Å². The van der Waals surface area contributed by atoms with Gasteiger partial charge in [0.05, 0.1) is 19.3 Å². The van der Waals surface area contributed by atoms with E-state index in [4.69, 9.17) is 14.2 Å². The van der Waals surface area contributed by atoms with Crippen LogP contribution in [0.15, 0.2) is 35.9 Å². The van der Waals surface area contributed by atoms with Crippen molar-refractivity contribution in [3.05, 3.63) is 35.9 Å². The summed E-state index contributed by atoms with van der Waals surface area (Å²) in [6.45, 7) is 7.37. The van der Waals surface area contributed by atoms with Crippen molar-refractivity contribution >= 4 is 0 Å². The molecule has 5 rings (SSSR count). The second-order valence-corrected chi connectivity index (χ2v) is 8.65. The number of nitrogens with one attached hydrogen (secondary N) is 1. The summed E-state index contributed by atoms with van der Waals surface area (Å²) in [6, 6.07) is 7.69. The van der Waals surface area contributed by atoms with Gasteiger partial charge < -0.3 is 24.6 Å². The average Bonchev–Trinajstić information content (AvgIpc) is 2.68. The Kier molecular flexibility index (Phi) is 5.44. The monoisotopic (exact) mass is 373 g/mol. The van der Waals surface area contributed by atoms with Crippen molar-refractivity contribution in [3.8, 4) is 11.5 Å². The molecule has 0 unspecified atom stereocenters. The molecule has 1 aromatic carbocycles. The van der Waals surface area contributed by atoms with Gasteiger partial charge in [0.1, 0.15) is 12.7 Å². The lowest BCUT2D eigenvalue weighted by atomic mass is 9.49. The van der Waals surface area contributed by atoms with E-state index in [1.807, 2.05) is 24.3 Å². The molecule has 0 radical (unpaired) electrons. The van der Waals surface area contributed by atoms with Crippen LogP contribution in [-0.2, 0) is 4.74 Å². The topological polar surface area (TPSA) is 60.0 Å². The molecule has 1 heterocycles. The average molecular weight is 373 g/mol. The molecular weight excluding hydrogens is 342 g/mol. The highest BCUT2D eigenvalue weighted by Gasteiger charge is 2.50. The minimum absolute atomic E-state index is 0.0470. The number of aliphatic hydroxyl groups excluding tert-OH is 1. The molecule has 3 aliphatic carbocycles. The van der Waals surface area contributed by atoms with Crippen LogP contribution in [0.5, 0.6) is 11.5 Å². The van der Waals surface area contributed by atoms with Crippen LogP contribution < -0.4 is 14.8 Å². The number of para-hydroxylation sites is 2. The van der Waals surface area contributed by atoms with E-state index < -0.39 is 6.10 Å². The van der Waals surface area contributed by atoms with Gasteiger partial charge in [0.15, 0.2) is 11.5 Å². The maximum absolute atomic E-state index is 10.2. The third-order valence-electron chi connectivity index (χ3n) is 6.48. The van der Waals surface area contributed by atoms with Gasteiger partial charge in [-0.2, -0.15) is 0 Å². The van der Waals surface area contributed by atoms with Gasteiger partial charge >= 0.3 is 0 Å². The molecule has 4 aliphatic rings. The second-order valence-electron chi connectivity index (χ2n) is 8.65. The summed E-state index contributed by atoms with van der Waals surface area (Å²) in [5.74, 6) is 3.08. The van der Waals surface area contributed by atoms with Crippen LogP contribution >= 0.6 is 0 Å². The summed E-state index contributed by atoms with van der Waals surface area (Å²) in [6.07, 6.45) is 4.27. The van der Waals surface area contributed by atoms with E-state index in [0.717, 1.165) is 17.4 Å². The van der Waals surface area contributed by atoms with E-state index in [1.165, 1.54) is 18.4 Å². The third-order valence-corrected chi connectivity index (χ3v) is 6.48. The van der Waals surface area contributed by atoms with Gasteiger partial charge in [0.25, 0.3) is 0 Å². The molecule has 148 valence electrons. The SMILES string of the molecule is CC1(C)[C@H]2CC=C(COC[C@@H](O)CNC[C@H]3COc4ccccc4O3)[C@H]1C2. The van der Waals surface area contributed by atoms with Crippen LogP contribution in [0.4, 0.5) is 0 Å². The molecule has 1 aliphatic heterocycles. The number of benzene rings is 1. The van der Waals surface area contributed by atoms with Crippen molar-refractivity contribution in [2.24, 2.45) is 17.3 Å². The molecule has 4 atom stereocenters. The summed E-state index contributed by atoms with van der Waals surface area (Å²) in [7, 11) is 0. The molecule has 1 saturated carbocycles. The highest BCUT2D eigenvalue weighted by atomic mass is 16.6. The van der Waals surface area contributed by atoms with Crippen molar-refractivity contribution < 1.29 is 19.3 Å². The van der Waals surface area contributed by atoms with E-state index in [9.17, 15) is 5.11 Å². The first kappa shape index (κ1) is 18.8. The summed E-state index contributed by atoms with van der Waals surface area (Å²) >= 11 is 0. The Balaban J connectivity index is 1.12. The highest BCUT2D eigenvalue weighted by Crippen LogP contribution is 2.59. The lowest BCUT2D eigenvalue weighted by Crippen LogP contribution is -2.48. The van der Waals surface area contributed by atoms with Crippen LogP contribution in [0.25, 0.3) is 0 Å². The van der Waals surface area contributed by atoms with Crippen LogP contribution in [0, 0.1) is 17.3 Å². The first-order valence-electron chi connectivity index (χ1n) is 10.1. The van der Waals surface area contributed by atoms with Gasteiger partial charge in [-0.3, -0.25) is 0 Å². The number of ether oxygens (including phenoxy) is 3. The van der Waals surface area contributed by atoms with Crippen molar-refractivity contribution in [1.29, 1.82) is 0 Å². The Morgan fingerprint density at radius 1 is 1.30 bits per heavy atom. The summed E-state index contributed by atoms with van der Waals surface area (Å²) in [5.41, 5.74) is 1.85. The Hall–Kier alpha value is -1.56. The molecule has 0 spiro atoms. The molecule has 0 amide bonds. The molecular formula is C22H31NO4. The second kappa shape index (κ2) is 7.82. The number of aliphatic hydroxyl groups is 1. The van der Waals surface area contributed by atoms with Crippen LogP contribution in [0.3, 0.4) is 0 Å². The molecule has 0 saturated heterocycles. The van der Waals surface area contributed by atoms with E-state index in [1.54, 1.807) is 0 Å². The fraction of sp³-hybridized carbons (Fsp3) is 0.636. The molecule has 0 aromatic heterocycles. The number of fused-ring (bicyclic) bond motifs is 2. The van der Waals surface area contributed by atoms with Crippen molar-refractivity contribution in [1.82, 2.24) is 5.32 Å². The summed E-state index contributed by atoms with van der Waals surface area (Å²) in [4.78, 5) is 0. The van der Waals surface area contributed by atoms with Crippen LogP contribution in [0.2, 0.25) is 0 Å². The fourth-order valence-electron chi connectivity index (χ4n) is 4.59. The zero-order valence-electron chi connectivity index (χ0n) is 16.3. The van der Waals surface area contributed by atoms with Gasteiger partial charge in [-0.05, 0) is 47.8 Å². The number of allylic oxidation sites excluding steroid dienone is 1. The first-order chi connectivity index (χ1) is 13.0. The Morgan fingerprint density at radius 2 is 2.11 bits per heavy atom. The summed E-state index contributed by atoms with van der Waals surface area (Å²) in [5, 5.41) is 13.4. The minimum Gasteiger partial charge on any atom is -0.486 e. The predicted molar refractivity (Wildman–Crippen MR) is 104 cm³/mol. The number of rotatable bonds is 8. The standard InChI is InChI=1S/C22H31NO4/c1-22(2)16-8-7-15(19(22)9-16)12-25-13-17(24)10-23-11-18-14-26-20-5-3-4-6-21(20)27-18/h3-7,16-19,23-24H,8-14H2,1-2H3/t16-,17-,18-,19+/m0/s1. The first-order valence-corrected chi connectivity index (χ1v) is 10.1. The van der Waals surface area contributed by atoms with E-state index in [2.05, 4.69) is 25.2 Å². The fourth-order valence-corrected chi connectivity index (χ4v) is 4.59. The summed E-state index contributed by atoms with van der Waals surface area (Å²) < 4.78 is 17.4.